The molecule has 0 radical (unpaired) electrons. The Bertz CT molecular complexity index is 1130. The third kappa shape index (κ3) is 10.2. The lowest BCUT2D eigenvalue weighted by molar-refractivity contribution is 0.153. The minimum Gasteiger partial charge on any atom is -0.370 e. The predicted molar refractivity (Wildman–Crippen MR) is 173 cm³/mol. The van der Waals surface area contributed by atoms with Crippen molar-refractivity contribution in [3.05, 3.63) is 59.7 Å². The second-order valence-corrected chi connectivity index (χ2v) is 11.4. The van der Waals surface area contributed by atoms with Gasteiger partial charge in [0.2, 0.25) is 0 Å². The molecule has 2 aromatic carbocycles. The van der Waals surface area contributed by atoms with Crippen LogP contribution in [-0.2, 0) is 0 Å². The van der Waals surface area contributed by atoms with Gasteiger partial charge in [0.05, 0.1) is 11.4 Å². The first-order valence-corrected chi connectivity index (χ1v) is 15.2. The van der Waals surface area contributed by atoms with Gasteiger partial charge in [0.1, 0.15) is 11.7 Å². The molecule has 2 aromatic rings. The fraction of sp³-hybridized carbons (Fsp3) is 0.548. The molecule has 0 spiro atoms. The molecule has 0 aliphatic carbocycles. The van der Waals surface area contributed by atoms with Crippen LogP contribution in [0, 0.1) is 10.8 Å². The summed E-state index contributed by atoms with van der Waals surface area (Å²) in [7, 11) is 6.21. The summed E-state index contributed by atoms with van der Waals surface area (Å²) in [4.78, 5) is 9.73. The molecule has 42 heavy (non-hydrogen) atoms. The summed E-state index contributed by atoms with van der Waals surface area (Å²) in [5, 5.41) is 33.6. The minimum atomic E-state index is 0.434. The Hall–Kier alpha value is -3.38. The van der Waals surface area contributed by atoms with Crippen molar-refractivity contribution in [2.45, 2.75) is 12.8 Å². The summed E-state index contributed by atoms with van der Waals surface area (Å²) in [5.74, 6) is 0.878. The molecule has 228 valence electrons. The average molecular weight is 576 g/mol. The lowest BCUT2D eigenvalue weighted by Crippen LogP contribution is -2.45. The van der Waals surface area contributed by atoms with Crippen molar-refractivity contribution in [3.63, 3.8) is 0 Å². The van der Waals surface area contributed by atoms with Crippen LogP contribution < -0.4 is 15.6 Å². The van der Waals surface area contributed by atoms with Crippen LogP contribution in [0.25, 0.3) is 0 Å². The molecule has 2 saturated heterocycles. The number of nitrogens with one attached hydrogen (secondary N) is 4. The maximum Gasteiger partial charge on any atom is 0.125 e. The first kappa shape index (κ1) is 31.6. The van der Waals surface area contributed by atoms with Gasteiger partial charge in [-0.05, 0) is 88.6 Å². The second-order valence-electron chi connectivity index (χ2n) is 11.4. The molecule has 0 atom stereocenters. The van der Waals surface area contributed by atoms with Crippen molar-refractivity contribution in [2.75, 3.05) is 105 Å². The Labute approximate surface area is 251 Å². The maximum absolute atomic E-state index is 8.38. The van der Waals surface area contributed by atoms with Gasteiger partial charge in [0, 0.05) is 83.6 Å². The quantitative estimate of drug-likeness (QED) is 0.0955. The molecule has 4 rings (SSSR count). The molecule has 0 unspecified atom stereocenters. The topological polar surface area (TPSA) is 113 Å². The number of likely N-dealkylation sites (N-methyl/N-ethyl adjacent to an activating group) is 2. The summed E-state index contributed by atoms with van der Waals surface area (Å²) >= 11 is 0. The SMILES string of the molecule is CN1CCN(CCCNC(=N)c2ccc(/N=N/N(C)c3ccc(C(=N)NCCCN4CCN(C)CC4)cc3)cc2)CC1. The van der Waals surface area contributed by atoms with Gasteiger partial charge < -0.3 is 30.2 Å². The van der Waals surface area contributed by atoms with E-state index < -0.39 is 0 Å². The highest BCUT2D eigenvalue weighted by Crippen LogP contribution is 2.18. The standard InChI is InChI=1S/C31H49N11/c1-38-18-22-41(23-19-38)16-4-14-34-30(32)26-6-10-28(11-7-26)36-37-40(3)29-12-8-27(9-13-29)31(33)35-15-5-17-42-24-20-39(2)21-25-42/h6-13H,4-5,14-25H2,1-3H3,(H2,32,34)(H2,33,35)/b37-36+. The highest BCUT2D eigenvalue weighted by molar-refractivity contribution is 5.97. The molecule has 0 aromatic heterocycles. The Morgan fingerprint density at radius 2 is 1.12 bits per heavy atom. The molecule has 2 aliphatic heterocycles. The Morgan fingerprint density at radius 3 is 1.57 bits per heavy atom. The Kier molecular flexibility index (Phi) is 12.3. The molecule has 4 N–H and O–H groups in total. The first-order valence-electron chi connectivity index (χ1n) is 15.2. The van der Waals surface area contributed by atoms with Crippen LogP contribution in [0.3, 0.4) is 0 Å². The van der Waals surface area contributed by atoms with Crippen LogP contribution >= 0.6 is 0 Å². The van der Waals surface area contributed by atoms with Crippen LogP contribution in [-0.4, -0.2) is 131 Å². The van der Waals surface area contributed by atoms with Gasteiger partial charge in [-0.15, -0.1) is 5.11 Å². The second kappa shape index (κ2) is 16.3. The number of amidine groups is 2. The van der Waals surface area contributed by atoms with Crippen LogP contribution in [0.15, 0.2) is 58.9 Å². The van der Waals surface area contributed by atoms with Crippen LogP contribution in [0.2, 0.25) is 0 Å². The number of anilines is 1. The summed E-state index contributed by atoms with van der Waals surface area (Å²) in [5.41, 5.74) is 3.32. The zero-order chi connectivity index (χ0) is 29.7. The molecule has 2 aliphatic rings. The van der Waals surface area contributed by atoms with Crippen LogP contribution in [0.1, 0.15) is 24.0 Å². The summed E-state index contributed by atoms with van der Waals surface area (Å²) in [6.45, 7) is 12.8. The molecule has 2 fully saturated rings. The van der Waals surface area contributed by atoms with Gasteiger partial charge >= 0.3 is 0 Å². The van der Waals surface area contributed by atoms with Gasteiger partial charge in [-0.3, -0.25) is 10.8 Å². The normalized spacial score (nSPS) is 17.4. The van der Waals surface area contributed by atoms with E-state index in [2.05, 4.69) is 54.7 Å². The lowest BCUT2D eigenvalue weighted by Gasteiger charge is -2.32. The Morgan fingerprint density at radius 1 is 0.690 bits per heavy atom. The van der Waals surface area contributed by atoms with Gasteiger partial charge in [-0.1, -0.05) is 5.22 Å². The third-order valence-corrected chi connectivity index (χ3v) is 8.08. The van der Waals surface area contributed by atoms with E-state index in [4.69, 9.17) is 10.8 Å². The average Bonchev–Trinajstić information content (AvgIpc) is 3.02. The molecule has 0 bridgehead atoms. The number of piperazine rings is 2. The molecule has 0 amide bonds. The fourth-order valence-corrected chi connectivity index (χ4v) is 5.09. The maximum atomic E-state index is 8.38. The van der Waals surface area contributed by atoms with E-state index in [1.165, 1.54) is 0 Å². The number of hydrogen-bond donors (Lipinski definition) is 4. The molecule has 11 nitrogen and oxygen atoms in total. The first-order chi connectivity index (χ1) is 20.4. The summed E-state index contributed by atoms with van der Waals surface area (Å²) in [6, 6.07) is 15.4. The number of benzene rings is 2. The molecular weight excluding hydrogens is 526 g/mol. The summed E-state index contributed by atoms with van der Waals surface area (Å²) < 4.78 is 0. The van der Waals surface area contributed by atoms with Crippen molar-refractivity contribution in [3.8, 4) is 0 Å². The zero-order valence-corrected chi connectivity index (χ0v) is 25.6. The van der Waals surface area contributed by atoms with E-state index in [0.717, 1.165) is 114 Å². The Balaban J connectivity index is 1.14. The van der Waals surface area contributed by atoms with Gasteiger partial charge in [0.25, 0.3) is 0 Å². The van der Waals surface area contributed by atoms with Crippen molar-refractivity contribution < 1.29 is 0 Å². The highest BCUT2D eigenvalue weighted by Gasteiger charge is 2.14. The van der Waals surface area contributed by atoms with Crippen molar-refractivity contribution in [2.24, 2.45) is 10.3 Å². The third-order valence-electron chi connectivity index (χ3n) is 8.08. The smallest absolute Gasteiger partial charge is 0.125 e. The van der Waals surface area contributed by atoms with Crippen LogP contribution in [0.5, 0.6) is 0 Å². The van der Waals surface area contributed by atoms with Crippen molar-refractivity contribution in [1.82, 2.24) is 30.2 Å². The molecule has 11 heteroatoms. The molecular formula is C31H49N11. The number of hydrogen-bond acceptors (Lipinski definition) is 8. The van der Waals surface area contributed by atoms with E-state index in [1.54, 1.807) is 5.01 Å². The van der Waals surface area contributed by atoms with Crippen molar-refractivity contribution in [1.29, 1.82) is 10.8 Å². The minimum absolute atomic E-state index is 0.434. The van der Waals surface area contributed by atoms with E-state index in [9.17, 15) is 0 Å². The number of nitrogens with zero attached hydrogens (tertiary/aromatic N) is 7. The highest BCUT2D eigenvalue weighted by atomic mass is 15.5. The van der Waals surface area contributed by atoms with Gasteiger partial charge in [-0.25, -0.2) is 5.01 Å². The monoisotopic (exact) mass is 575 g/mol. The largest absolute Gasteiger partial charge is 0.370 e. The zero-order valence-electron chi connectivity index (χ0n) is 25.6. The summed E-state index contributed by atoms with van der Waals surface area (Å²) in [6.07, 6.45) is 2.06. The predicted octanol–water partition coefficient (Wildman–Crippen LogP) is 2.93. The van der Waals surface area contributed by atoms with E-state index in [-0.39, 0.29) is 0 Å². The van der Waals surface area contributed by atoms with E-state index in [0.29, 0.717) is 11.7 Å². The van der Waals surface area contributed by atoms with E-state index in [1.807, 2.05) is 55.6 Å². The van der Waals surface area contributed by atoms with Crippen molar-refractivity contribution >= 4 is 23.0 Å². The van der Waals surface area contributed by atoms with Gasteiger partial charge in [-0.2, -0.15) is 0 Å². The molecule has 0 saturated carbocycles. The van der Waals surface area contributed by atoms with Crippen LogP contribution in [0.4, 0.5) is 11.4 Å². The number of rotatable bonds is 13. The lowest BCUT2D eigenvalue weighted by atomic mass is 10.2. The van der Waals surface area contributed by atoms with E-state index >= 15 is 0 Å². The molecule has 2 heterocycles. The van der Waals surface area contributed by atoms with Gasteiger partial charge in [0.15, 0.2) is 0 Å². The fourth-order valence-electron chi connectivity index (χ4n) is 5.09.